The van der Waals surface area contributed by atoms with Gasteiger partial charge in [-0.2, -0.15) is 4.98 Å². The summed E-state index contributed by atoms with van der Waals surface area (Å²) in [5.41, 5.74) is 1.20. The lowest BCUT2D eigenvalue weighted by molar-refractivity contribution is 0.394. The van der Waals surface area contributed by atoms with Crippen LogP contribution in [0.1, 0.15) is 5.89 Å². The zero-order valence-corrected chi connectivity index (χ0v) is 11.2. The number of halogens is 1. The third kappa shape index (κ3) is 2.53. The summed E-state index contributed by atoms with van der Waals surface area (Å²) in [4.78, 5) is 7.82. The van der Waals surface area contributed by atoms with Gasteiger partial charge < -0.3 is 14.2 Å². The SMILES string of the molecule is [B]N1CCN(c2ccc(-c3noc(C)n3)cc2F)CC1. The molecule has 1 aromatic carbocycles. The van der Waals surface area contributed by atoms with Gasteiger partial charge in [-0.15, -0.1) is 0 Å². The van der Waals surface area contributed by atoms with Crippen molar-refractivity contribution in [1.82, 2.24) is 15.0 Å². The van der Waals surface area contributed by atoms with Gasteiger partial charge in [0.2, 0.25) is 11.7 Å². The van der Waals surface area contributed by atoms with E-state index in [1.807, 2.05) is 4.90 Å². The Morgan fingerprint density at radius 1 is 1.25 bits per heavy atom. The van der Waals surface area contributed by atoms with Crippen LogP contribution in [0.2, 0.25) is 0 Å². The largest absolute Gasteiger partial charge is 0.367 e. The fraction of sp³-hybridized carbons (Fsp3) is 0.385. The molecule has 3 rings (SSSR count). The first kappa shape index (κ1) is 13.1. The molecule has 0 unspecified atom stereocenters. The van der Waals surface area contributed by atoms with E-state index in [1.165, 1.54) is 6.07 Å². The first-order valence-corrected chi connectivity index (χ1v) is 6.48. The van der Waals surface area contributed by atoms with Crippen molar-refractivity contribution < 1.29 is 8.91 Å². The van der Waals surface area contributed by atoms with Gasteiger partial charge in [-0.1, -0.05) is 5.16 Å². The molecule has 102 valence electrons. The smallest absolute Gasteiger partial charge is 0.223 e. The summed E-state index contributed by atoms with van der Waals surface area (Å²) >= 11 is 0. The molecule has 1 saturated heterocycles. The zero-order valence-electron chi connectivity index (χ0n) is 11.2. The van der Waals surface area contributed by atoms with Crippen LogP contribution in [0.3, 0.4) is 0 Å². The van der Waals surface area contributed by atoms with Gasteiger partial charge in [-0.25, -0.2) is 4.39 Å². The van der Waals surface area contributed by atoms with E-state index < -0.39 is 0 Å². The molecular weight excluding hydrogens is 258 g/mol. The van der Waals surface area contributed by atoms with Crippen molar-refractivity contribution in [2.75, 3.05) is 31.1 Å². The minimum absolute atomic E-state index is 0.282. The molecule has 20 heavy (non-hydrogen) atoms. The lowest BCUT2D eigenvalue weighted by Crippen LogP contribution is -2.45. The predicted octanol–water partition coefficient (Wildman–Crippen LogP) is 1.39. The van der Waals surface area contributed by atoms with E-state index in [1.54, 1.807) is 23.9 Å². The normalized spacial score (nSPS) is 16.6. The van der Waals surface area contributed by atoms with Crippen molar-refractivity contribution >= 4 is 13.7 Å². The van der Waals surface area contributed by atoms with Crippen molar-refractivity contribution in [1.29, 1.82) is 0 Å². The molecule has 2 heterocycles. The monoisotopic (exact) mass is 272 g/mol. The molecule has 0 aliphatic carbocycles. The number of hydrogen-bond donors (Lipinski definition) is 0. The lowest BCUT2D eigenvalue weighted by Gasteiger charge is -2.34. The van der Waals surface area contributed by atoms with E-state index >= 15 is 0 Å². The van der Waals surface area contributed by atoms with Gasteiger partial charge in [0.1, 0.15) is 5.82 Å². The maximum Gasteiger partial charge on any atom is 0.223 e. The minimum atomic E-state index is -0.282. The average Bonchev–Trinajstić information content (AvgIpc) is 2.87. The van der Waals surface area contributed by atoms with Gasteiger partial charge in [-0.3, -0.25) is 0 Å². The Labute approximate surface area is 117 Å². The number of nitrogens with zero attached hydrogens (tertiary/aromatic N) is 4. The maximum absolute atomic E-state index is 14.3. The van der Waals surface area contributed by atoms with Gasteiger partial charge in [0.05, 0.1) is 5.69 Å². The van der Waals surface area contributed by atoms with Crippen LogP contribution in [0.4, 0.5) is 10.1 Å². The zero-order chi connectivity index (χ0) is 14.1. The fourth-order valence-electron chi connectivity index (χ4n) is 2.28. The van der Waals surface area contributed by atoms with Gasteiger partial charge in [-0.05, 0) is 18.2 Å². The van der Waals surface area contributed by atoms with Crippen molar-refractivity contribution in [3.63, 3.8) is 0 Å². The summed E-state index contributed by atoms with van der Waals surface area (Å²) in [7, 11) is 5.70. The third-order valence-corrected chi connectivity index (χ3v) is 3.39. The number of piperazine rings is 1. The summed E-state index contributed by atoms with van der Waals surface area (Å²) in [5, 5.41) is 3.79. The maximum atomic E-state index is 14.3. The van der Waals surface area contributed by atoms with Crippen LogP contribution < -0.4 is 4.90 Å². The molecule has 0 amide bonds. The van der Waals surface area contributed by atoms with Crippen molar-refractivity contribution in [2.24, 2.45) is 0 Å². The minimum Gasteiger partial charge on any atom is -0.367 e. The molecule has 0 atom stereocenters. The molecule has 1 aliphatic rings. The average molecular weight is 272 g/mol. The molecule has 1 aliphatic heterocycles. The van der Waals surface area contributed by atoms with Crippen molar-refractivity contribution in [2.45, 2.75) is 6.92 Å². The van der Waals surface area contributed by atoms with Gasteiger partial charge >= 0.3 is 0 Å². The van der Waals surface area contributed by atoms with Crippen LogP contribution in [-0.2, 0) is 0 Å². The quantitative estimate of drug-likeness (QED) is 0.773. The van der Waals surface area contributed by atoms with Crippen LogP contribution in [0.25, 0.3) is 11.4 Å². The molecule has 2 radical (unpaired) electrons. The highest BCUT2D eigenvalue weighted by Gasteiger charge is 2.18. The van der Waals surface area contributed by atoms with Crippen molar-refractivity contribution in [3.05, 3.63) is 29.9 Å². The number of rotatable bonds is 2. The summed E-state index contributed by atoms with van der Waals surface area (Å²) in [6.07, 6.45) is 0. The number of benzene rings is 1. The molecule has 0 spiro atoms. The summed E-state index contributed by atoms with van der Waals surface area (Å²) < 4.78 is 19.2. The number of aryl methyl sites for hydroxylation is 1. The highest BCUT2D eigenvalue weighted by Crippen LogP contribution is 2.25. The van der Waals surface area contributed by atoms with Crippen LogP contribution >= 0.6 is 0 Å². The van der Waals surface area contributed by atoms with Crippen LogP contribution in [0, 0.1) is 12.7 Å². The first-order chi connectivity index (χ1) is 9.63. The summed E-state index contributed by atoms with van der Waals surface area (Å²) in [6, 6.07) is 4.99. The van der Waals surface area contributed by atoms with Gasteiger partial charge in [0.25, 0.3) is 0 Å². The highest BCUT2D eigenvalue weighted by molar-refractivity contribution is 6.04. The predicted molar refractivity (Wildman–Crippen MR) is 74.0 cm³/mol. The van der Waals surface area contributed by atoms with E-state index in [-0.39, 0.29) is 5.82 Å². The first-order valence-electron chi connectivity index (χ1n) is 6.48. The molecule has 0 saturated carbocycles. The molecule has 0 N–H and O–H groups in total. The molecule has 5 nitrogen and oxygen atoms in total. The van der Waals surface area contributed by atoms with Crippen molar-refractivity contribution in [3.8, 4) is 11.4 Å². The third-order valence-electron chi connectivity index (χ3n) is 3.39. The summed E-state index contributed by atoms with van der Waals surface area (Å²) in [5.74, 6) is 0.582. The number of hydrogen-bond acceptors (Lipinski definition) is 5. The van der Waals surface area contributed by atoms with E-state index in [4.69, 9.17) is 12.5 Å². The van der Waals surface area contributed by atoms with E-state index in [0.717, 1.165) is 13.1 Å². The summed E-state index contributed by atoms with van der Waals surface area (Å²) in [6.45, 7) is 4.59. The Morgan fingerprint density at radius 3 is 2.60 bits per heavy atom. The Balaban J connectivity index is 1.84. The second-order valence-electron chi connectivity index (χ2n) is 4.83. The number of aromatic nitrogens is 2. The number of anilines is 1. The topological polar surface area (TPSA) is 45.4 Å². The van der Waals surface area contributed by atoms with E-state index in [0.29, 0.717) is 36.1 Å². The molecule has 0 bridgehead atoms. The van der Waals surface area contributed by atoms with Crippen LogP contribution in [-0.4, -0.2) is 49.1 Å². The van der Waals surface area contributed by atoms with Crippen LogP contribution in [0.15, 0.2) is 22.7 Å². The standard InChI is InChI=1S/C13H14BFN4O/c1-9-16-13(17-20-9)10-2-3-12(11(15)8-10)18-4-6-19(14)7-5-18/h2-3,8H,4-7H2,1H3. The highest BCUT2D eigenvalue weighted by atomic mass is 19.1. The fourth-order valence-corrected chi connectivity index (χ4v) is 2.28. The second kappa shape index (κ2) is 5.24. The Hall–Kier alpha value is -1.89. The molecule has 7 heteroatoms. The lowest BCUT2D eigenvalue weighted by atomic mass is 10.1. The van der Waals surface area contributed by atoms with E-state index in [9.17, 15) is 4.39 Å². The molecule has 1 aromatic heterocycles. The van der Waals surface area contributed by atoms with E-state index in [2.05, 4.69) is 10.1 Å². The molecule has 1 fully saturated rings. The molecule has 2 aromatic rings. The second-order valence-corrected chi connectivity index (χ2v) is 4.83. The Bertz CT molecular complexity index is 610. The van der Waals surface area contributed by atoms with Crippen LogP contribution in [0.5, 0.6) is 0 Å². The van der Waals surface area contributed by atoms with Gasteiger partial charge in [0, 0.05) is 38.7 Å². The molecular formula is C13H14BFN4O. The Morgan fingerprint density at radius 2 is 2.00 bits per heavy atom. The van der Waals surface area contributed by atoms with Gasteiger partial charge in [0.15, 0.2) is 7.98 Å². The Kier molecular flexibility index (Phi) is 3.44.